The smallest absolute Gasteiger partial charge is 0.0167 e. The fraction of sp³-hybridized carbons (Fsp3) is 0.0909. The summed E-state index contributed by atoms with van der Waals surface area (Å²) in [4.78, 5) is 0. The van der Waals surface area contributed by atoms with Crippen molar-refractivity contribution in [2.75, 3.05) is 0 Å². The molecule has 0 nitrogen and oxygen atoms in total. The fourth-order valence-corrected chi connectivity index (χ4v) is 0.842. The molecule has 0 saturated heterocycles. The van der Waals surface area contributed by atoms with Gasteiger partial charge < -0.3 is 0 Å². The van der Waals surface area contributed by atoms with Crippen molar-refractivity contribution in [2.45, 2.75) is 6.92 Å². The maximum atomic E-state index is 3.82. The van der Waals surface area contributed by atoms with Crippen LogP contribution in [0.4, 0.5) is 0 Å². The largest absolute Gasteiger partial charge is 0.0984 e. The molecule has 0 unspecified atom stereocenters. The summed E-state index contributed by atoms with van der Waals surface area (Å²) in [7, 11) is 0. The van der Waals surface area contributed by atoms with Gasteiger partial charge >= 0.3 is 0 Å². The molecule has 0 fully saturated rings. The average Bonchev–Trinajstić information content (AvgIpc) is 1.99. The molecule has 0 radical (unpaired) electrons. The number of hydrogen-bond acceptors (Lipinski definition) is 0. The SMILES string of the molecule is C=CC(C=C)=C(C=C)C(=C)C. The summed E-state index contributed by atoms with van der Waals surface area (Å²) in [5, 5.41) is 0. The lowest BCUT2D eigenvalue weighted by atomic mass is 10.0. The van der Waals surface area contributed by atoms with Crippen molar-refractivity contribution in [2.24, 2.45) is 0 Å². The van der Waals surface area contributed by atoms with Crippen LogP contribution < -0.4 is 0 Å². The molecule has 0 aliphatic heterocycles. The lowest BCUT2D eigenvalue weighted by Crippen LogP contribution is -1.83. The van der Waals surface area contributed by atoms with Crippen molar-refractivity contribution in [1.29, 1.82) is 0 Å². The van der Waals surface area contributed by atoms with Crippen molar-refractivity contribution in [3.63, 3.8) is 0 Å². The van der Waals surface area contributed by atoms with Gasteiger partial charge in [0.15, 0.2) is 0 Å². The fourth-order valence-electron chi connectivity index (χ4n) is 0.842. The predicted octanol–water partition coefficient (Wildman–Crippen LogP) is 3.42. The lowest BCUT2D eigenvalue weighted by Gasteiger charge is -2.03. The number of allylic oxidation sites excluding steroid dienone is 6. The lowest BCUT2D eigenvalue weighted by molar-refractivity contribution is 1.42. The van der Waals surface area contributed by atoms with Gasteiger partial charge in [-0.25, -0.2) is 0 Å². The van der Waals surface area contributed by atoms with Crippen molar-refractivity contribution in [3.8, 4) is 0 Å². The molecule has 0 heterocycles. The molecule has 0 spiro atoms. The first kappa shape index (κ1) is 9.70. The molecule has 0 aromatic heterocycles. The number of rotatable bonds is 4. The zero-order valence-corrected chi connectivity index (χ0v) is 7.06. The minimum Gasteiger partial charge on any atom is -0.0984 e. The normalized spacial score (nSPS) is 8.09. The van der Waals surface area contributed by atoms with Crippen LogP contribution in [0.15, 0.2) is 61.3 Å². The average molecular weight is 146 g/mol. The van der Waals surface area contributed by atoms with Gasteiger partial charge in [-0.1, -0.05) is 50.1 Å². The molecular weight excluding hydrogens is 132 g/mol. The van der Waals surface area contributed by atoms with Crippen molar-refractivity contribution < 1.29 is 0 Å². The van der Waals surface area contributed by atoms with Crippen LogP contribution in [0.1, 0.15) is 6.92 Å². The first-order chi connectivity index (χ1) is 5.17. The summed E-state index contributed by atoms with van der Waals surface area (Å²) in [5.74, 6) is 0. The molecule has 0 rings (SSSR count). The van der Waals surface area contributed by atoms with E-state index in [-0.39, 0.29) is 0 Å². The summed E-state index contributed by atoms with van der Waals surface area (Å²) >= 11 is 0. The second kappa shape index (κ2) is 4.51. The van der Waals surface area contributed by atoms with E-state index in [1.54, 1.807) is 18.2 Å². The standard InChI is InChI=1S/C11H14/c1-6-10(7-2)11(8-3)9(4)5/h6-8H,1-4H2,5H3. The van der Waals surface area contributed by atoms with E-state index < -0.39 is 0 Å². The molecule has 0 aliphatic carbocycles. The van der Waals surface area contributed by atoms with Gasteiger partial charge in [0.05, 0.1) is 0 Å². The van der Waals surface area contributed by atoms with E-state index in [2.05, 4.69) is 26.3 Å². The topological polar surface area (TPSA) is 0 Å². The van der Waals surface area contributed by atoms with Gasteiger partial charge in [-0.15, -0.1) is 0 Å². The monoisotopic (exact) mass is 146 g/mol. The van der Waals surface area contributed by atoms with E-state index in [1.165, 1.54) is 0 Å². The van der Waals surface area contributed by atoms with Gasteiger partial charge in [0.2, 0.25) is 0 Å². The van der Waals surface area contributed by atoms with Crippen LogP contribution in [-0.4, -0.2) is 0 Å². The molecule has 0 atom stereocenters. The summed E-state index contributed by atoms with van der Waals surface area (Å²) in [6.07, 6.45) is 5.26. The third-order valence-corrected chi connectivity index (χ3v) is 1.41. The zero-order chi connectivity index (χ0) is 8.85. The molecule has 0 N–H and O–H groups in total. The minimum atomic E-state index is 0.979. The highest BCUT2D eigenvalue weighted by molar-refractivity contribution is 5.48. The van der Waals surface area contributed by atoms with Crippen molar-refractivity contribution >= 4 is 0 Å². The highest BCUT2D eigenvalue weighted by atomic mass is 14.0. The van der Waals surface area contributed by atoms with E-state index in [4.69, 9.17) is 0 Å². The predicted molar refractivity (Wildman–Crippen MR) is 52.4 cm³/mol. The summed E-state index contributed by atoms with van der Waals surface area (Å²) in [6.45, 7) is 16.8. The first-order valence-electron chi connectivity index (χ1n) is 3.44. The molecule has 0 aromatic carbocycles. The van der Waals surface area contributed by atoms with Crippen LogP contribution in [0, 0.1) is 0 Å². The minimum absolute atomic E-state index is 0.979. The van der Waals surface area contributed by atoms with Gasteiger partial charge in [0.1, 0.15) is 0 Å². The second-order valence-electron chi connectivity index (χ2n) is 2.26. The first-order valence-corrected chi connectivity index (χ1v) is 3.44. The Balaban J connectivity index is 5.08. The number of hydrogen-bond donors (Lipinski definition) is 0. The molecule has 0 aromatic rings. The third-order valence-electron chi connectivity index (χ3n) is 1.41. The van der Waals surface area contributed by atoms with E-state index >= 15 is 0 Å². The van der Waals surface area contributed by atoms with E-state index in [9.17, 15) is 0 Å². The molecule has 11 heavy (non-hydrogen) atoms. The van der Waals surface area contributed by atoms with Gasteiger partial charge in [0.25, 0.3) is 0 Å². The Morgan fingerprint density at radius 3 is 1.55 bits per heavy atom. The highest BCUT2D eigenvalue weighted by Crippen LogP contribution is 2.15. The van der Waals surface area contributed by atoms with Crippen LogP contribution >= 0.6 is 0 Å². The zero-order valence-electron chi connectivity index (χ0n) is 7.06. The Morgan fingerprint density at radius 1 is 1.00 bits per heavy atom. The maximum Gasteiger partial charge on any atom is -0.0167 e. The summed E-state index contributed by atoms with van der Waals surface area (Å²) in [5.41, 5.74) is 2.97. The van der Waals surface area contributed by atoms with Crippen LogP contribution in [0.5, 0.6) is 0 Å². The van der Waals surface area contributed by atoms with Crippen LogP contribution in [0.25, 0.3) is 0 Å². The molecule has 0 saturated carbocycles. The van der Waals surface area contributed by atoms with Gasteiger partial charge in [-0.05, 0) is 18.1 Å². The van der Waals surface area contributed by atoms with Crippen molar-refractivity contribution in [1.82, 2.24) is 0 Å². The quantitative estimate of drug-likeness (QED) is 0.533. The Hall–Kier alpha value is -1.30. The Bertz CT molecular complexity index is 216. The molecule has 0 aliphatic rings. The molecule has 58 valence electrons. The van der Waals surface area contributed by atoms with Gasteiger partial charge in [-0.2, -0.15) is 0 Å². The second-order valence-corrected chi connectivity index (χ2v) is 2.26. The maximum absolute atomic E-state index is 3.82. The van der Waals surface area contributed by atoms with Crippen LogP contribution in [0.2, 0.25) is 0 Å². The van der Waals surface area contributed by atoms with Crippen LogP contribution in [0.3, 0.4) is 0 Å². The Labute approximate surface area is 68.9 Å². The third kappa shape index (κ3) is 2.42. The van der Waals surface area contributed by atoms with Gasteiger partial charge in [-0.3, -0.25) is 0 Å². The van der Waals surface area contributed by atoms with E-state index in [1.807, 2.05) is 6.92 Å². The van der Waals surface area contributed by atoms with Crippen LogP contribution in [-0.2, 0) is 0 Å². The Morgan fingerprint density at radius 2 is 1.45 bits per heavy atom. The Kier molecular flexibility index (Phi) is 3.97. The molecule has 0 heteroatoms. The molecule has 0 amide bonds. The van der Waals surface area contributed by atoms with E-state index in [0.717, 1.165) is 16.7 Å². The highest BCUT2D eigenvalue weighted by Gasteiger charge is 1.95. The molecular formula is C11H14. The van der Waals surface area contributed by atoms with E-state index in [0.29, 0.717) is 0 Å². The summed E-state index contributed by atoms with van der Waals surface area (Å²) < 4.78 is 0. The summed E-state index contributed by atoms with van der Waals surface area (Å²) in [6, 6.07) is 0. The molecule has 0 bridgehead atoms. The van der Waals surface area contributed by atoms with Crippen molar-refractivity contribution in [3.05, 3.63) is 61.3 Å². The van der Waals surface area contributed by atoms with Gasteiger partial charge in [0, 0.05) is 0 Å².